The summed E-state index contributed by atoms with van der Waals surface area (Å²) in [5.74, 6) is 0.243. The van der Waals surface area contributed by atoms with E-state index >= 15 is 0 Å². The van der Waals surface area contributed by atoms with Gasteiger partial charge < -0.3 is 4.74 Å². The summed E-state index contributed by atoms with van der Waals surface area (Å²) in [6, 6.07) is 10.1. The third kappa shape index (κ3) is 2.68. The summed E-state index contributed by atoms with van der Waals surface area (Å²) in [7, 11) is 0. The van der Waals surface area contributed by atoms with Crippen LogP contribution >= 0.6 is 0 Å². The molecule has 124 valence electrons. The first-order chi connectivity index (χ1) is 11.7. The lowest BCUT2D eigenvalue weighted by atomic mass is 10.2. The van der Waals surface area contributed by atoms with Crippen LogP contribution in [0, 0.1) is 6.92 Å². The molecule has 24 heavy (non-hydrogen) atoms. The van der Waals surface area contributed by atoms with Crippen LogP contribution in [0.2, 0.25) is 0 Å². The monoisotopic (exact) mass is 324 g/mol. The van der Waals surface area contributed by atoms with Gasteiger partial charge in [0, 0.05) is 11.6 Å². The second-order valence-electron chi connectivity index (χ2n) is 6.25. The van der Waals surface area contributed by atoms with Gasteiger partial charge in [0.15, 0.2) is 5.69 Å². The Kier molecular flexibility index (Phi) is 3.59. The number of carbonyl (C=O) groups excluding carboxylic acids is 1. The zero-order chi connectivity index (χ0) is 16.7. The summed E-state index contributed by atoms with van der Waals surface area (Å²) < 4.78 is 8.82. The molecule has 6 nitrogen and oxygen atoms in total. The van der Waals surface area contributed by atoms with Crippen molar-refractivity contribution in [3.05, 3.63) is 53.1 Å². The topological polar surface area (TPSA) is 61.4 Å². The molecule has 0 atom stereocenters. The van der Waals surface area contributed by atoms with Gasteiger partial charge in [-0.3, -0.25) is 4.68 Å². The Morgan fingerprint density at radius 1 is 1.29 bits per heavy atom. The molecular weight excluding hydrogens is 304 g/mol. The van der Waals surface area contributed by atoms with Crippen molar-refractivity contribution in [1.82, 2.24) is 19.4 Å². The molecule has 0 unspecified atom stereocenters. The van der Waals surface area contributed by atoms with E-state index in [9.17, 15) is 4.79 Å². The van der Waals surface area contributed by atoms with Crippen LogP contribution in [-0.2, 0) is 11.3 Å². The number of rotatable bonds is 5. The van der Waals surface area contributed by atoms with Gasteiger partial charge in [0.2, 0.25) is 0 Å². The minimum atomic E-state index is -0.382. The van der Waals surface area contributed by atoms with Crippen LogP contribution in [0.4, 0.5) is 0 Å². The molecule has 1 aliphatic carbocycles. The second kappa shape index (κ2) is 5.78. The molecule has 6 heteroatoms. The van der Waals surface area contributed by atoms with Gasteiger partial charge in [0.05, 0.1) is 30.1 Å². The van der Waals surface area contributed by atoms with E-state index in [1.165, 1.54) is 18.5 Å². The summed E-state index contributed by atoms with van der Waals surface area (Å²) in [6.45, 7) is 4.64. The molecule has 0 saturated heterocycles. The average Bonchev–Trinajstić information content (AvgIpc) is 3.22. The highest BCUT2D eigenvalue weighted by atomic mass is 16.5. The third-order valence-electron chi connectivity index (χ3n) is 4.36. The number of aromatic nitrogens is 4. The third-order valence-corrected chi connectivity index (χ3v) is 4.36. The van der Waals surface area contributed by atoms with Crippen LogP contribution in [0.15, 0.2) is 30.3 Å². The number of esters is 1. The first-order valence-corrected chi connectivity index (χ1v) is 8.35. The molecule has 0 bridgehead atoms. The number of fused-ring (bicyclic) bond motifs is 1. The molecule has 0 aromatic carbocycles. The molecule has 1 saturated carbocycles. The minimum absolute atomic E-state index is 0.348. The Hall–Kier alpha value is -2.63. The number of hydrogen-bond acceptors (Lipinski definition) is 4. The Balaban J connectivity index is 1.65. The van der Waals surface area contributed by atoms with E-state index in [0.717, 1.165) is 16.9 Å². The van der Waals surface area contributed by atoms with Crippen LogP contribution in [0.25, 0.3) is 5.52 Å². The predicted molar refractivity (Wildman–Crippen MR) is 89.2 cm³/mol. The second-order valence-corrected chi connectivity index (χ2v) is 6.25. The fourth-order valence-corrected chi connectivity index (χ4v) is 2.92. The number of hydrogen-bond donors (Lipinski definition) is 0. The van der Waals surface area contributed by atoms with E-state index in [4.69, 9.17) is 9.84 Å². The zero-order valence-corrected chi connectivity index (χ0v) is 13.9. The van der Waals surface area contributed by atoms with E-state index in [-0.39, 0.29) is 5.97 Å². The molecule has 3 aromatic heterocycles. The normalized spacial score (nSPS) is 14.2. The predicted octanol–water partition coefficient (Wildman–Crippen LogP) is 2.94. The van der Waals surface area contributed by atoms with E-state index in [0.29, 0.717) is 24.8 Å². The van der Waals surface area contributed by atoms with Gasteiger partial charge in [-0.05, 0) is 51.0 Å². The van der Waals surface area contributed by atoms with Crippen molar-refractivity contribution in [1.29, 1.82) is 0 Å². The van der Waals surface area contributed by atoms with Crippen molar-refractivity contribution in [3.8, 4) is 0 Å². The average molecular weight is 324 g/mol. The Morgan fingerprint density at radius 2 is 2.12 bits per heavy atom. The van der Waals surface area contributed by atoms with Gasteiger partial charge in [0.25, 0.3) is 0 Å². The van der Waals surface area contributed by atoms with Crippen LogP contribution in [0.5, 0.6) is 0 Å². The maximum absolute atomic E-state index is 11.8. The molecule has 0 N–H and O–H groups in total. The van der Waals surface area contributed by atoms with E-state index in [1.807, 2.05) is 28.3 Å². The molecular formula is C18H20N4O2. The number of aryl methyl sites for hydroxylation is 1. The van der Waals surface area contributed by atoms with E-state index in [1.54, 1.807) is 13.0 Å². The van der Waals surface area contributed by atoms with E-state index < -0.39 is 0 Å². The van der Waals surface area contributed by atoms with Crippen molar-refractivity contribution >= 4 is 11.5 Å². The summed E-state index contributed by atoms with van der Waals surface area (Å²) in [6.07, 6.45) is 2.47. The Labute approximate surface area is 140 Å². The summed E-state index contributed by atoms with van der Waals surface area (Å²) in [5.41, 5.74) is 4.59. The molecule has 1 aliphatic rings. The summed E-state index contributed by atoms with van der Waals surface area (Å²) in [5, 5.41) is 9.14. The smallest absolute Gasteiger partial charge is 0.358 e. The molecule has 1 fully saturated rings. The van der Waals surface area contributed by atoms with Crippen LogP contribution in [-0.4, -0.2) is 32.0 Å². The number of pyridine rings is 1. The molecule has 4 rings (SSSR count). The van der Waals surface area contributed by atoms with Gasteiger partial charge in [-0.2, -0.15) is 10.2 Å². The van der Waals surface area contributed by atoms with Crippen molar-refractivity contribution in [2.24, 2.45) is 0 Å². The molecule has 3 aromatic rings. The van der Waals surface area contributed by atoms with Crippen LogP contribution in [0.3, 0.4) is 0 Å². The van der Waals surface area contributed by atoms with Crippen molar-refractivity contribution in [2.45, 2.75) is 39.2 Å². The Bertz CT molecular complexity index is 905. The van der Waals surface area contributed by atoms with Crippen molar-refractivity contribution in [3.63, 3.8) is 0 Å². The number of carbonyl (C=O) groups is 1. The van der Waals surface area contributed by atoms with Crippen molar-refractivity contribution < 1.29 is 9.53 Å². The van der Waals surface area contributed by atoms with E-state index in [2.05, 4.69) is 17.2 Å². The SMILES string of the molecule is CCOC(=O)c1cc(C)n(Cc2cccc3cc(C4CC4)nn23)n1. The molecule has 0 radical (unpaired) electrons. The van der Waals surface area contributed by atoms with Gasteiger partial charge in [-0.15, -0.1) is 0 Å². The maximum Gasteiger partial charge on any atom is 0.358 e. The summed E-state index contributed by atoms with van der Waals surface area (Å²) >= 11 is 0. The lowest BCUT2D eigenvalue weighted by Crippen LogP contribution is -2.11. The van der Waals surface area contributed by atoms with Crippen LogP contribution in [0.1, 0.15) is 53.3 Å². The number of nitrogens with zero attached hydrogens (tertiary/aromatic N) is 4. The van der Waals surface area contributed by atoms with Gasteiger partial charge in [0.1, 0.15) is 0 Å². The van der Waals surface area contributed by atoms with Gasteiger partial charge >= 0.3 is 5.97 Å². The lowest BCUT2D eigenvalue weighted by Gasteiger charge is -2.07. The van der Waals surface area contributed by atoms with Gasteiger partial charge in [-0.25, -0.2) is 9.31 Å². The fourth-order valence-electron chi connectivity index (χ4n) is 2.92. The number of ether oxygens (including phenoxy) is 1. The highest BCUT2D eigenvalue weighted by Gasteiger charge is 2.26. The minimum Gasteiger partial charge on any atom is -0.461 e. The molecule has 0 spiro atoms. The summed E-state index contributed by atoms with van der Waals surface area (Å²) in [4.78, 5) is 11.8. The van der Waals surface area contributed by atoms with Crippen molar-refractivity contribution in [2.75, 3.05) is 6.61 Å². The first kappa shape index (κ1) is 14.9. The lowest BCUT2D eigenvalue weighted by molar-refractivity contribution is 0.0518. The first-order valence-electron chi connectivity index (χ1n) is 8.35. The molecule has 0 aliphatic heterocycles. The highest BCUT2D eigenvalue weighted by molar-refractivity contribution is 5.87. The quantitative estimate of drug-likeness (QED) is 0.677. The molecule has 0 amide bonds. The largest absolute Gasteiger partial charge is 0.461 e. The fraction of sp³-hybridized carbons (Fsp3) is 0.389. The Morgan fingerprint density at radius 3 is 2.88 bits per heavy atom. The highest BCUT2D eigenvalue weighted by Crippen LogP contribution is 2.39. The standard InChI is InChI=1S/C18H20N4O2/c1-3-24-18(23)17-9-12(2)21(19-17)11-15-6-4-5-14-10-16(13-7-8-13)20-22(14)15/h4-6,9-10,13H,3,7-8,11H2,1-2H3. The zero-order valence-electron chi connectivity index (χ0n) is 13.9. The molecule has 3 heterocycles. The van der Waals surface area contributed by atoms with Gasteiger partial charge in [-0.1, -0.05) is 6.07 Å². The maximum atomic E-state index is 11.8. The van der Waals surface area contributed by atoms with Crippen LogP contribution < -0.4 is 0 Å².